The first-order valence-electron chi connectivity index (χ1n) is 8.84. The van der Waals surface area contributed by atoms with Crippen LogP contribution in [0.3, 0.4) is 0 Å². The molecule has 1 amide bonds. The van der Waals surface area contributed by atoms with Crippen LogP contribution in [0.5, 0.6) is 0 Å². The molecule has 28 heavy (non-hydrogen) atoms. The van der Waals surface area contributed by atoms with Crippen LogP contribution in [0.15, 0.2) is 48.9 Å². The van der Waals surface area contributed by atoms with Gasteiger partial charge in [0.25, 0.3) is 5.91 Å². The van der Waals surface area contributed by atoms with Gasteiger partial charge in [0.1, 0.15) is 5.52 Å². The van der Waals surface area contributed by atoms with Gasteiger partial charge in [-0.1, -0.05) is 11.3 Å². The SMILES string of the molecule is Cc1[nH]cnc1CSCCNC(=O)c1cccc(-n2nnc3cccnc32)c1. The van der Waals surface area contributed by atoms with Crippen LogP contribution in [0.4, 0.5) is 0 Å². The van der Waals surface area contributed by atoms with Crippen LogP contribution in [-0.2, 0) is 5.75 Å². The first kappa shape index (κ1) is 18.2. The fraction of sp³-hybridized carbons (Fsp3) is 0.211. The van der Waals surface area contributed by atoms with Crippen molar-refractivity contribution in [1.29, 1.82) is 0 Å². The molecule has 2 N–H and O–H groups in total. The van der Waals surface area contributed by atoms with E-state index >= 15 is 0 Å². The smallest absolute Gasteiger partial charge is 0.251 e. The van der Waals surface area contributed by atoms with Crippen molar-refractivity contribution >= 4 is 28.8 Å². The van der Waals surface area contributed by atoms with Gasteiger partial charge in [-0.25, -0.2) is 9.97 Å². The highest BCUT2D eigenvalue weighted by molar-refractivity contribution is 7.98. The molecule has 0 fully saturated rings. The van der Waals surface area contributed by atoms with Crippen LogP contribution < -0.4 is 5.32 Å². The van der Waals surface area contributed by atoms with Crippen molar-refractivity contribution in [2.75, 3.05) is 12.3 Å². The second-order valence-electron chi connectivity index (χ2n) is 6.18. The molecular formula is C19H19N7OS. The third-order valence-corrected chi connectivity index (χ3v) is 5.24. The van der Waals surface area contributed by atoms with Crippen molar-refractivity contribution in [1.82, 2.24) is 35.3 Å². The van der Waals surface area contributed by atoms with E-state index in [2.05, 4.69) is 30.6 Å². The van der Waals surface area contributed by atoms with E-state index in [-0.39, 0.29) is 5.91 Å². The number of nitrogens with zero attached hydrogens (tertiary/aromatic N) is 5. The number of aromatic amines is 1. The normalized spacial score (nSPS) is 11.0. The quantitative estimate of drug-likeness (QED) is 0.468. The van der Waals surface area contributed by atoms with Gasteiger partial charge in [-0.15, -0.1) is 5.10 Å². The van der Waals surface area contributed by atoms with E-state index in [1.165, 1.54) is 0 Å². The summed E-state index contributed by atoms with van der Waals surface area (Å²) in [5.41, 5.74) is 4.83. The zero-order valence-corrected chi connectivity index (χ0v) is 16.1. The summed E-state index contributed by atoms with van der Waals surface area (Å²) in [4.78, 5) is 24.1. The Morgan fingerprint density at radius 2 is 2.18 bits per heavy atom. The maximum absolute atomic E-state index is 12.5. The molecule has 0 unspecified atom stereocenters. The number of amides is 1. The van der Waals surface area contributed by atoms with E-state index in [1.807, 2.05) is 31.2 Å². The molecule has 4 rings (SSSR count). The van der Waals surface area contributed by atoms with Gasteiger partial charge in [-0.05, 0) is 37.3 Å². The number of carbonyl (C=O) groups is 1. The average Bonchev–Trinajstić information content (AvgIpc) is 3.34. The number of hydrogen-bond acceptors (Lipinski definition) is 6. The monoisotopic (exact) mass is 393 g/mol. The van der Waals surface area contributed by atoms with Gasteiger partial charge in [0, 0.05) is 35.5 Å². The van der Waals surface area contributed by atoms with Crippen LogP contribution in [0.25, 0.3) is 16.9 Å². The first-order chi connectivity index (χ1) is 13.7. The number of H-pyrrole nitrogens is 1. The Morgan fingerprint density at radius 1 is 1.25 bits per heavy atom. The number of carbonyl (C=O) groups excluding carboxylic acids is 1. The topological polar surface area (TPSA) is 101 Å². The molecule has 0 spiro atoms. The lowest BCUT2D eigenvalue weighted by Gasteiger charge is -2.07. The molecule has 3 aromatic heterocycles. The standard InChI is InChI=1S/C19H19N7OS/c1-13-17(23-12-22-13)11-28-9-8-21-19(27)14-4-2-5-15(10-14)26-18-16(24-25-26)6-3-7-20-18/h2-7,10,12H,8-9,11H2,1H3,(H,21,27)(H,22,23). The van der Waals surface area contributed by atoms with Crippen LogP contribution in [0.1, 0.15) is 21.7 Å². The fourth-order valence-electron chi connectivity index (χ4n) is 2.76. The third kappa shape index (κ3) is 3.89. The van der Waals surface area contributed by atoms with Crippen molar-refractivity contribution in [3.8, 4) is 5.69 Å². The van der Waals surface area contributed by atoms with E-state index in [0.717, 1.165) is 28.6 Å². The molecule has 0 bridgehead atoms. The number of imidazole rings is 1. The number of nitrogens with one attached hydrogen (secondary N) is 2. The lowest BCUT2D eigenvalue weighted by molar-refractivity contribution is 0.0956. The number of rotatable bonds is 7. The van der Waals surface area contributed by atoms with Crippen molar-refractivity contribution < 1.29 is 4.79 Å². The predicted octanol–water partition coefficient (Wildman–Crippen LogP) is 2.51. The second-order valence-corrected chi connectivity index (χ2v) is 7.29. The number of thioether (sulfide) groups is 1. The van der Waals surface area contributed by atoms with E-state index in [4.69, 9.17) is 0 Å². The summed E-state index contributed by atoms with van der Waals surface area (Å²) in [7, 11) is 0. The highest BCUT2D eigenvalue weighted by Gasteiger charge is 2.10. The molecule has 0 saturated carbocycles. The van der Waals surface area contributed by atoms with E-state index in [0.29, 0.717) is 23.3 Å². The summed E-state index contributed by atoms with van der Waals surface area (Å²) < 4.78 is 1.63. The average molecular weight is 393 g/mol. The van der Waals surface area contributed by atoms with Crippen LogP contribution in [-0.4, -0.2) is 48.2 Å². The minimum atomic E-state index is -0.115. The Labute approximate surface area is 165 Å². The minimum Gasteiger partial charge on any atom is -0.351 e. The van der Waals surface area contributed by atoms with Gasteiger partial charge in [0.05, 0.1) is 17.7 Å². The highest BCUT2D eigenvalue weighted by Crippen LogP contribution is 2.15. The lowest BCUT2D eigenvalue weighted by atomic mass is 10.2. The number of hydrogen-bond donors (Lipinski definition) is 2. The van der Waals surface area contributed by atoms with Crippen LogP contribution in [0.2, 0.25) is 0 Å². The van der Waals surface area contributed by atoms with Crippen LogP contribution in [0, 0.1) is 6.92 Å². The number of fused-ring (bicyclic) bond motifs is 1. The Balaban J connectivity index is 1.36. The molecule has 0 aliphatic carbocycles. The molecule has 3 heterocycles. The maximum atomic E-state index is 12.5. The van der Waals surface area contributed by atoms with Gasteiger partial charge < -0.3 is 10.3 Å². The molecule has 8 nitrogen and oxygen atoms in total. The van der Waals surface area contributed by atoms with E-state index < -0.39 is 0 Å². The minimum absolute atomic E-state index is 0.115. The number of pyridine rings is 1. The molecule has 0 aliphatic rings. The number of benzene rings is 1. The molecule has 9 heteroatoms. The molecule has 4 aromatic rings. The zero-order valence-electron chi connectivity index (χ0n) is 15.3. The summed E-state index contributed by atoms with van der Waals surface area (Å²) in [6.07, 6.45) is 3.40. The maximum Gasteiger partial charge on any atom is 0.251 e. The second kappa shape index (κ2) is 8.22. The van der Waals surface area contributed by atoms with Crippen LogP contribution >= 0.6 is 11.8 Å². The highest BCUT2D eigenvalue weighted by atomic mass is 32.2. The molecule has 1 aromatic carbocycles. The summed E-state index contributed by atoms with van der Waals surface area (Å²) >= 11 is 1.74. The van der Waals surface area contributed by atoms with Gasteiger partial charge in [0.15, 0.2) is 5.65 Å². The number of aromatic nitrogens is 6. The lowest BCUT2D eigenvalue weighted by Crippen LogP contribution is -2.25. The number of aryl methyl sites for hydroxylation is 1. The Morgan fingerprint density at radius 3 is 3.04 bits per heavy atom. The molecular weight excluding hydrogens is 374 g/mol. The first-order valence-corrected chi connectivity index (χ1v) is 9.99. The summed E-state index contributed by atoms with van der Waals surface area (Å²) in [5, 5.41) is 11.2. The molecule has 0 atom stereocenters. The third-order valence-electron chi connectivity index (χ3n) is 4.27. The summed E-state index contributed by atoms with van der Waals surface area (Å²) in [6.45, 7) is 2.59. The van der Waals surface area contributed by atoms with E-state index in [1.54, 1.807) is 41.1 Å². The Bertz CT molecular complexity index is 1100. The molecule has 0 aliphatic heterocycles. The molecule has 142 valence electrons. The Kier molecular flexibility index (Phi) is 5.34. The van der Waals surface area contributed by atoms with Gasteiger partial charge in [0.2, 0.25) is 0 Å². The largest absolute Gasteiger partial charge is 0.351 e. The molecule has 0 saturated heterocycles. The predicted molar refractivity (Wildman–Crippen MR) is 108 cm³/mol. The van der Waals surface area contributed by atoms with Crippen molar-refractivity contribution in [2.24, 2.45) is 0 Å². The zero-order chi connectivity index (χ0) is 19.3. The van der Waals surface area contributed by atoms with Crippen molar-refractivity contribution in [3.63, 3.8) is 0 Å². The van der Waals surface area contributed by atoms with Crippen molar-refractivity contribution in [2.45, 2.75) is 12.7 Å². The molecule has 0 radical (unpaired) electrons. The van der Waals surface area contributed by atoms with Gasteiger partial charge in [-0.3, -0.25) is 4.79 Å². The Hall–Kier alpha value is -3.20. The summed E-state index contributed by atoms with van der Waals surface area (Å²) in [6, 6.07) is 10.9. The van der Waals surface area contributed by atoms with Gasteiger partial charge in [-0.2, -0.15) is 16.4 Å². The summed E-state index contributed by atoms with van der Waals surface area (Å²) in [5.74, 6) is 1.53. The van der Waals surface area contributed by atoms with E-state index in [9.17, 15) is 4.79 Å². The van der Waals surface area contributed by atoms with Gasteiger partial charge >= 0.3 is 0 Å². The van der Waals surface area contributed by atoms with Crippen molar-refractivity contribution in [3.05, 3.63) is 65.9 Å². The fourth-order valence-corrected chi connectivity index (χ4v) is 3.63.